The quantitative estimate of drug-likeness (QED) is 0.290. The average Bonchev–Trinajstić information content (AvgIpc) is 3.41. The third-order valence-corrected chi connectivity index (χ3v) is 9.60. The molecule has 0 fully saturated rings. The Morgan fingerprint density at radius 2 is 1.86 bits per heavy atom. The maximum atomic E-state index is 13.8. The van der Waals surface area contributed by atoms with Gasteiger partial charge in [-0.1, -0.05) is 54.6 Å². The Bertz CT molecular complexity index is 1540. The topological polar surface area (TPSA) is 66.9 Å². The van der Waals surface area contributed by atoms with E-state index in [-0.39, 0.29) is 29.9 Å². The van der Waals surface area contributed by atoms with Crippen molar-refractivity contribution < 1.29 is 17.9 Å². The van der Waals surface area contributed by atoms with Crippen LogP contribution in [0.5, 0.6) is 5.75 Å². The molecular weight excluding hydrogens is 504 g/mol. The van der Waals surface area contributed by atoms with Crippen molar-refractivity contribution in [1.82, 2.24) is 9.21 Å². The van der Waals surface area contributed by atoms with E-state index in [2.05, 4.69) is 12.6 Å². The fraction of sp³-hybridized carbons (Fsp3) is 0.207. The zero-order chi connectivity index (χ0) is 26.0. The summed E-state index contributed by atoms with van der Waals surface area (Å²) in [6, 6.07) is 22.0. The first kappa shape index (κ1) is 25.2. The smallest absolute Gasteiger partial charge is 0.244 e. The number of sulfonamides is 1. The second-order valence-electron chi connectivity index (χ2n) is 8.88. The molecule has 0 aliphatic carbocycles. The summed E-state index contributed by atoms with van der Waals surface area (Å²) in [7, 11) is -2.35. The van der Waals surface area contributed by atoms with Gasteiger partial charge in [0.1, 0.15) is 5.75 Å². The van der Waals surface area contributed by atoms with Gasteiger partial charge in [-0.25, -0.2) is 8.42 Å². The summed E-state index contributed by atoms with van der Waals surface area (Å²) in [5.74, 6) is 0.490. The third-order valence-electron chi connectivity index (χ3n) is 6.73. The summed E-state index contributed by atoms with van der Waals surface area (Å²) < 4.78 is 34.2. The number of hydrogen-bond acceptors (Lipinski definition) is 5. The van der Waals surface area contributed by atoms with Gasteiger partial charge in [0.25, 0.3) is 0 Å². The maximum Gasteiger partial charge on any atom is 0.244 e. The lowest BCUT2D eigenvalue weighted by molar-refractivity contribution is -0.133. The molecule has 0 N–H and O–H groups in total. The SMILES string of the molecule is C=CCN(CC(=O)N1CCc2sccc2[C@@H]1c1ccc(OC)cc1)S(=O)(=O)c1cccc2ccccc12. The predicted octanol–water partition coefficient (Wildman–Crippen LogP) is 5.26. The molecule has 1 aliphatic rings. The molecule has 8 heteroatoms. The van der Waals surface area contributed by atoms with E-state index in [0.717, 1.165) is 28.7 Å². The Hall–Kier alpha value is -3.46. The van der Waals surface area contributed by atoms with Gasteiger partial charge in [0.05, 0.1) is 24.6 Å². The first-order valence-electron chi connectivity index (χ1n) is 12.0. The van der Waals surface area contributed by atoms with E-state index in [4.69, 9.17) is 4.74 Å². The largest absolute Gasteiger partial charge is 0.497 e. The van der Waals surface area contributed by atoms with E-state index in [0.29, 0.717) is 11.9 Å². The Morgan fingerprint density at radius 1 is 1.11 bits per heavy atom. The van der Waals surface area contributed by atoms with Crippen LogP contribution in [0.4, 0.5) is 0 Å². The second kappa shape index (κ2) is 10.5. The van der Waals surface area contributed by atoms with Crippen molar-refractivity contribution in [2.45, 2.75) is 17.4 Å². The number of fused-ring (bicyclic) bond motifs is 2. The Labute approximate surface area is 221 Å². The molecule has 1 amide bonds. The molecule has 1 aliphatic heterocycles. The van der Waals surface area contributed by atoms with Gasteiger partial charge < -0.3 is 9.64 Å². The molecule has 0 radical (unpaired) electrons. The van der Waals surface area contributed by atoms with Gasteiger partial charge in [-0.05, 0) is 52.6 Å². The minimum Gasteiger partial charge on any atom is -0.497 e. The van der Waals surface area contributed by atoms with Crippen molar-refractivity contribution in [2.75, 3.05) is 26.7 Å². The van der Waals surface area contributed by atoms with Crippen molar-refractivity contribution in [3.63, 3.8) is 0 Å². The summed E-state index contributed by atoms with van der Waals surface area (Å²) in [6.07, 6.45) is 2.26. The average molecular weight is 533 g/mol. The van der Waals surface area contributed by atoms with Gasteiger partial charge in [-0.15, -0.1) is 17.9 Å². The molecule has 6 nitrogen and oxygen atoms in total. The first-order chi connectivity index (χ1) is 17.9. The number of amides is 1. The molecule has 190 valence electrons. The summed E-state index contributed by atoms with van der Waals surface area (Å²) in [6.45, 7) is 4.02. The highest BCUT2D eigenvalue weighted by molar-refractivity contribution is 7.89. The lowest BCUT2D eigenvalue weighted by Crippen LogP contribution is -2.46. The number of benzene rings is 3. The molecule has 5 rings (SSSR count). The zero-order valence-electron chi connectivity index (χ0n) is 20.5. The number of carbonyl (C=O) groups is 1. The van der Waals surface area contributed by atoms with E-state index in [1.165, 1.54) is 15.3 Å². The second-order valence-corrected chi connectivity index (χ2v) is 11.8. The van der Waals surface area contributed by atoms with E-state index in [1.54, 1.807) is 41.5 Å². The van der Waals surface area contributed by atoms with E-state index >= 15 is 0 Å². The van der Waals surface area contributed by atoms with Gasteiger partial charge in [0, 0.05) is 23.4 Å². The summed E-state index contributed by atoms with van der Waals surface area (Å²) in [5.41, 5.74) is 2.04. The van der Waals surface area contributed by atoms with Gasteiger partial charge in [-0.3, -0.25) is 4.79 Å². The number of rotatable bonds is 8. The molecule has 0 spiro atoms. The molecule has 0 saturated heterocycles. The monoisotopic (exact) mass is 532 g/mol. The number of hydrogen-bond donors (Lipinski definition) is 0. The Morgan fingerprint density at radius 3 is 2.62 bits per heavy atom. The summed E-state index contributed by atoms with van der Waals surface area (Å²) in [5, 5.41) is 3.50. The fourth-order valence-electron chi connectivity index (χ4n) is 4.92. The molecule has 1 atom stereocenters. The molecule has 4 aromatic rings. The van der Waals surface area contributed by atoms with Gasteiger partial charge >= 0.3 is 0 Å². The maximum absolute atomic E-state index is 13.8. The number of thiophene rings is 1. The van der Waals surface area contributed by atoms with Crippen molar-refractivity contribution >= 4 is 38.0 Å². The van der Waals surface area contributed by atoms with Crippen molar-refractivity contribution in [2.24, 2.45) is 0 Å². The van der Waals surface area contributed by atoms with Crippen LogP contribution in [0.25, 0.3) is 10.8 Å². The molecule has 0 unspecified atom stereocenters. The minimum atomic E-state index is -3.96. The molecule has 3 aromatic carbocycles. The molecule has 2 heterocycles. The van der Waals surface area contributed by atoms with E-state index in [1.807, 2.05) is 53.9 Å². The normalized spacial score (nSPS) is 15.5. The number of nitrogens with zero attached hydrogens (tertiary/aromatic N) is 2. The zero-order valence-corrected chi connectivity index (χ0v) is 22.2. The Balaban J connectivity index is 1.49. The van der Waals surface area contributed by atoms with E-state index < -0.39 is 10.0 Å². The van der Waals surface area contributed by atoms with E-state index in [9.17, 15) is 13.2 Å². The van der Waals surface area contributed by atoms with Gasteiger partial charge in [0.2, 0.25) is 15.9 Å². The number of methoxy groups -OCH3 is 1. The van der Waals surface area contributed by atoms with Crippen molar-refractivity contribution in [3.8, 4) is 5.75 Å². The third kappa shape index (κ3) is 4.80. The molecule has 1 aromatic heterocycles. The predicted molar refractivity (Wildman–Crippen MR) is 147 cm³/mol. The Kier molecular flexibility index (Phi) is 7.15. The molecule has 37 heavy (non-hydrogen) atoms. The van der Waals surface area contributed by atoms with Crippen LogP contribution in [-0.2, 0) is 21.2 Å². The first-order valence-corrected chi connectivity index (χ1v) is 14.3. The van der Waals surface area contributed by atoms with Crippen LogP contribution < -0.4 is 4.74 Å². The highest BCUT2D eigenvalue weighted by Gasteiger charge is 2.35. The molecule has 0 bridgehead atoms. The van der Waals surface area contributed by atoms with Crippen LogP contribution in [0, 0.1) is 0 Å². The van der Waals surface area contributed by atoms with Crippen molar-refractivity contribution in [1.29, 1.82) is 0 Å². The number of ether oxygens (including phenoxy) is 1. The van der Waals surface area contributed by atoms with Crippen LogP contribution in [0.2, 0.25) is 0 Å². The van der Waals surface area contributed by atoms with Crippen LogP contribution in [0.1, 0.15) is 22.0 Å². The summed E-state index contributed by atoms with van der Waals surface area (Å²) in [4.78, 5) is 17.1. The standard InChI is InChI=1S/C29H28N2O4S2/c1-3-17-30(37(33,34)27-10-6-8-21-7-4-5-9-24(21)27)20-28(32)31-18-15-26-25(16-19-36-26)29(31)22-11-13-23(35-2)14-12-22/h3-14,16,19,29H,1,15,17-18,20H2,2H3/t29-/m0/s1. The van der Waals surface area contributed by atoms with Crippen LogP contribution in [0.15, 0.2) is 95.7 Å². The minimum absolute atomic E-state index is 0.0298. The number of carbonyl (C=O) groups excluding carboxylic acids is 1. The van der Waals surface area contributed by atoms with Gasteiger partial charge in [0.15, 0.2) is 0 Å². The van der Waals surface area contributed by atoms with Gasteiger partial charge in [-0.2, -0.15) is 4.31 Å². The van der Waals surface area contributed by atoms with Crippen LogP contribution >= 0.6 is 11.3 Å². The lowest BCUT2D eigenvalue weighted by atomic mass is 9.93. The fourth-order valence-corrected chi connectivity index (χ4v) is 7.40. The lowest BCUT2D eigenvalue weighted by Gasteiger charge is -2.37. The van der Waals surface area contributed by atoms with Crippen LogP contribution in [0.3, 0.4) is 0 Å². The molecule has 0 saturated carbocycles. The molecular formula is C29H28N2O4S2. The summed E-state index contributed by atoms with van der Waals surface area (Å²) >= 11 is 1.69. The highest BCUT2D eigenvalue weighted by Crippen LogP contribution is 2.38. The van der Waals surface area contributed by atoms with Crippen LogP contribution in [-0.4, -0.2) is 50.3 Å². The van der Waals surface area contributed by atoms with Crippen molar-refractivity contribution in [3.05, 3.63) is 107 Å². The highest BCUT2D eigenvalue weighted by atomic mass is 32.2.